The molecule has 36 heavy (non-hydrogen) atoms. The number of para-hydroxylation sites is 2. The highest BCUT2D eigenvalue weighted by atomic mass is 16.5. The molecule has 2 aromatic rings. The van der Waals surface area contributed by atoms with Crippen molar-refractivity contribution in [3.8, 4) is 0 Å². The standard InChI is InChI=1S/C27H39N5O3.CH4/c1-19(2)18-32(22-15-21(16-28-17-22)26(33)30-11-13-35-14-12-30)27(34)25-29-23-5-3-4-6-24(23)31(25)10-9-20-7-8-20;/h3-6,19-22,28H,7-18H2,1-2H3;1H4/t21-,22+;/m1./s1. The SMILES string of the molecule is C.CC(C)CN(C(=O)c1nc2ccccc2n1CCC1CC1)[C@@H]1CNC[C@H](C(=O)N2CCOCC2)C1. The van der Waals surface area contributed by atoms with Gasteiger partial charge in [0.2, 0.25) is 5.91 Å². The summed E-state index contributed by atoms with van der Waals surface area (Å²) < 4.78 is 7.56. The van der Waals surface area contributed by atoms with Crippen LogP contribution < -0.4 is 5.32 Å². The van der Waals surface area contributed by atoms with Crippen molar-refractivity contribution in [1.82, 2.24) is 24.7 Å². The molecule has 2 amide bonds. The molecule has 2 aliphatic heterocycles. The first-order chi connectivity index (χ1) is 17.0. The fraction of sp³-hybridized carbons (Fsp3) is 0.679. The van der Waals surface area contributed by atoms with Crippen LogP contribution in [0.5, 0.6) is 0 Å². The third kappa shape index (κ3) is 5.92. The van der Waals surface area contributed by atoms with E-state index in [-0.39, 0.29) is 31.2 Å². The lowest BCUT2D eigenvalue weighted by Crippen LogP contribution is -2.56. The number of morpholine rings is 1. The Kier molecular flexibility index (Phi) is 8.67. The van der Waals surface area contributed by atoms with E-state index in [1.807, 2.05) is 28.0 Å². The number of nitrogens with one attached hydrogen (secondary N) is 1. The van der Waals surface area contributed by atoms with E-state index in [0.29, 0.717) is 64.1 Å². The summed E-state index contributed by atoms with van der Waals surface area (Å²) in [6.07, 6.45) is 4.36. The first-order valence-electron chi connectivity index (χ1n) is 13.3. The average Bonchev–Trinajstić information content (AvgIpc) is 3.64. The number of benzene rings is 1. The number of carbonyl (C=O) groups is 2. The topological polar surface area (TPSA) is 79.7 Å². The molecule has 0 bridgehead atoms. The Labute approximate surface area is 215 Å². The highest BCUT2D eigenvalue weighted by Gasteiger charge is 2.37. The van der Waals surface area contributed by atoms with Crippen molar-refractivity contribution in [2.45, 2.75) is 59.5 Å². The number of piperidine rings is 1. The van der Waals surface area contributed by atoms with Gasteiger partial charge in [-0.05, 0) is 36.8 Å². The minimum absolute atomic E-state index is 0. The summed E-state index contributed by atoms with van der Waals surface area (Å²) in [5.74, 6) is 1.67. The second-order valence-corrected chi connectivity index (χ2v) is 10.8. The number of carbonyl (C=O) groups excluding carboxylic acids is 2. The summed E-state index contributed by atoms with van der Waals surface area (Å²) in [7, 11) is 0. The maximum absolute atomic E-state index is 14.1. The molecule has 5 rings (SSSR count). The van der Waals surface area contributed by atoms with E-state index in [0.717, 1.165) is 29.9 Å². The van der Waals surface area contributed by atoms with Gasteiger partial charge >= 0.3 is 0 Å². The molecule has 8 nitrogen and oxygen atoms in total. The number of fused-ring (bicyclic) bond motifs is 1. The molecule has 2 saturated heterocycles. The number of imidazole rings is 1. The molecule has 0 radical (unpaired) electrons. The quantitative estimate of drug-likeness (QED) is 0.605. The molecule has 0 spiro atoms. The Morgan fingerprint density at radius 1 is 1.17 bits per heavy atom. The number of amides is 2. The summed E-state index contributed by atoms with van der Waals surface area (Å²) in [5, 5.41) is 3.45. The van der Waals surface area contributed by atoms with E-state index in [9.17, 15) is 9.59 Å². The van der Waals surface area contributed by atoms with Gasteiger partial charge in [-0.2, -0.15) is 0 Å². The summed E-state index contributed by atoms with van der Waals surface area (Å²) >= 11 is 0. The molecule has 3 heterocycles. The third-order valence-electron chi connectivity index (χ3n) is 7.57. The number of nitrogens with zero attached hydrogens (tertiary/aromatic N) is 4. The third-order valence-corrected chi connectivity index (χ3v) is 7.57. The Balaban J connectivity index is 0.00000304. The van der Waals surface area contributed by atoms with Gasteiger partial charge in [0.1, 0.15) is 0 Å². The Morgan fingerprint density at radius 3 is 2.64 bits per heavy atom. The van der Waals surface area contributed by atoms with Gasteiger partial charge in [-0.15, -0.1) is 0 Å². The van der Waals surface area contributed by atoms with Crippen molar-refractivity contribution in [2.75, 3.05) is 45.9 Å². The molecular formula is C28H43N5O3. The van der Waals surface area contributed by atoms with Crippen molar-refractivity contribution < 1.29 is 14.3 Å². The lowest BCUT2D eigenvalue weighted by Gasteiger charge is -2.40. The molecule has 198 valence electrons. The average molecular weight is 498 g/mol. The predicted octanol–water partition coefficient (Wildman–Crippen LogP) is 3.41. The van der Waals surface area contributed by atoms with Gasteiger partial charge in [-0.3, -0.25) is 9.59 Å². The summed E-state index contributed by atoms with van der Waals surface area (Å²) in [4.78, 5) is 36.1. The fourth-order valence-corrected chi connectivity index (χ4v) is 5.49. The van der Waals surface area contributed by atoms with E-state index in [1.165, 1.54) is 12.8 Å². The number of rotatable bonds is 8. The number of aromatic nitrogens is 2. The molecule has 3 fully saturated rings. The Bertz CT molecular complexity index is 1040. The van der Waals surface area contributed by atoms with Gasteiger partial charge in [-0.1, -0.05) is 46.2 Å². The molecule has 3 aliphatic rings. The lowest BCUT2D eigenvalue weighted by atomic mass is 9.92. The van der Waals surface area contributed by atoms with E-state index in [1.54, 1.807) is 0 Å². The van der Waals surface area contributed by atoms with Crippen molar-refractivity contribution in [3.05, 3.63) is 30.1 Å². The van der Waals surface area contributed by atoms with Crippen LogP contribution in [0.3, 0.4) is 0 Å². The summed E-state index contributed by atoms with van der Waals surface area (Å²) in [6.45, 7) is 9.63. The molecule has 1 aromatic carbocycles. The zero-order chi connectivity index (χ0) is 24.4. The molecule has 1 aliphatic carbocycles. The molecule has 1 N–H and O–H groups in total. The summed E-state index contributed by atoms with van der Waals surface area (Å²) in [6, 6.07) is 8.02. The zero-order valence-corrected chi connectivity index (χ0v) is 21.1. The normalized spacial score (nSPS) is 22.5. The largest absolute Gasteiger partial charge is 0.378 e. The van der Waals surface area contributed by atoms with Crippen LogP contribution in [0.4, 0.5) is 0 Å². The van der Waals surface area contributed by atoms with Gasteiger partial charge in [0.05, 0.1) is 30.2 Å². The van der Waals surface area contributed by atoms with E-state index < -0.39 is 0 Å². The monoisotopic (exact) mass is 497 g/mol. The van der Waals surface area contributed by atoms with E-state index >= 15 is 0 Å². The molecule has 1 saturated carbocycles. The van der Waals surface area contributed by atoms with Crippen molar-refractivity contribution in [3.63, 3.8) is 0 Å². The van der Waals surface area contributed by atoms with Crippen LogP contribution in [-0.2, 0) is 16.1 Å². The smallest absolute Gasteiger partial charge is 0.290 e. The predicted molar refractivity (Wildman–Crippen MR) is 142 cm³/mol. The maximum atomic E-state index is 14.1. The van der Waals surface area contributed by atoms with Crippen LogP contribution in [0, 0.1) is 17.8 Å². The minimum atomic E-state index is -0.122. The molecule has 1 aromatic heterocycles. The highest BCUT2D eigenvalue weighted by molar-refractivity contribution is 5.95. The zero-order valence-electron chi connectivity index (χ0n) is 21.1. The van der Waals surface area contributed by atoms with Gasteiger partial charge < -0.3 is 24.4 Å². The van der Waals surface area contributed by atoms with E-state index in [4.69, 9.17) is 9.72 Å². The number of hydrogen-bond donors (Lipinski definition) is 1. The highest BCUT2D eigenvalue weighted by Crippen LogP contribution is 2.33. The number of ether oxygens (including phenoxy) is 1. The van der Waals surface area contributed by atoms with Crippen LogP contribution >= 0.6 is 0 Å². The number of aryl methyl sites for hydroxylation is 1. The number of hydrogen-bond acceptors (Lipinski definition) is 5. The molecule has 0 unspecified atom stereocenters. The van der Waals surface area contributed by atoms with Gasteiger partial charge in [0.25, 0.3) is 5.91 Å². The van der Waals surface area contributed by atoms with Crippen molar-refractivity contribution in [2.24, 2.45) is 17.8 Å². The van der Waals surface area contributed by atoms with Crippen LogP contribution in [0.15, 0.2) is 24.3 Å². The van der Waals surface area contributed by atoms with Crippen molar-refractivity contribution in [1.29, 1.82) is 0 Å². The summed E-state index contributed by atoms with van der Waals surface area (Å²) in [5.41, 5.74) is 1.90. The molecule has 2 atom stereocenters. The van der Waals surface area contributed by atoms with E-state index in [2.05, 4.69) is 29.8 Å². The van der Waals surface area contributed by atoms with Crippen LogP contribution in [0.2, 0.25) is 0 Å². The first kappa shape index (κ1) is 26.6. The second-order valence-electron chi connectivity index (χ2n) is 10.8. The van der Waals surface area contributed by atoms with Crippen LogP contribution in [0.25, 0.3) is 11.0 Å². The maximum Gasteiger partial charge on any atom is 0.290 e. The van der Waals surface area contributed by atoms with Crippen molar-refractivity contribution >= 4 is 22.8 Å². The van der Waals surface area contributed by atoms with Gasteiger partial charge in [0.15, 0.2) is 5.82 Å². The molecule has 8 heteroatoms. The lowest BCUT2D eigenvalue weighted by molar-refractivity contribution is -0.140. The molecular weight excluding hydrogens is 454 g/mol. The minimum Gasteiger partial charge on any atom is -0.378 e. The Morgan fingerprint density at radius 2 is 1.92 bits per heavy atom. The van der Waals surface area contributed by atoms with Crippen LogP contribution in [0.1, 0.15) is 57.6 Å². The fourth-order valence-electron chi connectivity index (χ4n) is 5.49. The van der Waals surface area contributed by atoms with Crippen LogP contribution in [-0.4, -0.2) is 83.1 Å². The van der Waals surface area contributed by atoms with Gasteiger partial charge in [-0.25, -0.2) is 4.98 Å². The second kappa shape index (κ2) is 11.7. The Hall–Kier alpha value is -2.45. The first-order valence-corrected chi connectivity index (χ1v) is 13.3. The van der Waals surface area contributed by atoms with Gasteiger partial charge in [0, 0.05) is 45.3 Å².